The molecule has 4 heteroatoms. The Morgan fingerprint density at radius 2 is 1.60 bits per heavy atom. The Hall–Kier alpha value is -2.62. The summed E-state index contributed by atoms with van der Waals surface area (Å²) in [7, 11) is 0. The van der Waals surface area contributed by atoms with Gasteiger partial charge in [0.25, 0.3) is 0 Å². The van der Waals surface area contributed by atoms with Crippen LogP contribution in [0.4, 0.5) is 0 Å². The summed E-state index contributed by atoms with van der Waals surface area (Å²) in [6.45, 7) is 2.28. The quantitative estimate of drug-likeness (QED) is 0.790. The summed E-state index contributed by atoms with van der Waals surface area (Å²) in [5, 5.41) is 9.23. The van der Waals surface area contributed by atoms with E-state index in [9.17, 15) is 5.11 Å². The molecule has 0 aliphatic carbocycles. The van der Waals surface area contributed by atoms with Crippen LogP contribution in [0.5, 0.6) is 11.5 Å². The molecule has 20 heavy (non-hydrogen) atoms. The molecule has 0 saturated heterocycles. The van der Waals surface area contributed by atoms with E-state index in [1.165, 1.54) is 0 Å². The predicted molar refractivity (Wildman–Crippen MR) is 76.7 cm³/mol. The monoisotopic (exact) mass is 266 g/mol. The molecule has 0 radical (unpaired) electrons. The first-order valence-corrected chi connectivity index (χ1v) is 6.36. The molecule has 0 aliphatic rings. The summed E-state index contributed by atoms with van der Waals surface area (Å²) >= 11 is 0. The Kier molecular flexibility index (Phi) is 3.21. The predicted octanol–water partition coefficient (Wildman–Crippen LogP) is 3.22. The molecule has 100 valence electrons. The lowest BCUT2D eigenvalue weighted by atomic mass is 10.2. The van der Waals surface area contributed by atoms with Crippen molar-refractivity contribution in [3.8, 4) is 11.5 Å². The topological polar surface area (TPSA) is 55.2 Å². The van der Waals surface area contributed by atoms with E-state index in [1.807, 2.05) is 31.2 Å². The fraction of sp³-hybridized carbons (Fsp3) is 0.125. The third-order valence-electron chi connectivity index (χ3n) is 3.06. The van der Waals surface area contributed by atoms with Gasteiger partial charge in [-0.15, -0.1) is 0 Å². The van der Waals surface area contributed by atoms with Crippen molar-refractivity contribution in [1.29, 1.82) is 0 Å². The summed E-state index contributed by atoms with van der Waals surface area (Å²) in [6, 6.07) is 14.4. The van der Waals surface area contributed by atoms with Gasteiger partial charge in [-0.1, -0.05) is 12.1 Å². The Bertz CT molecular complexity index is 739. The molecule has 0 unspecified atom stereocenters. The van der Waals surface area contributed by atoms with Gasteiger partial charge in [-0.2, -0.15) is 0 Å². The molecule has 4 nitrogen and oxygen atoms in total. The molecular formula is C16H14N2O2. The zero-order valence-electron chi connectivity index (χ0n) is 11.1. The van der Waals surface area contributed by atoms with Crippen LogP contribution >= 0.6 is 0 Å². The van der Waals surface area contributed by atoms with Crippen molar-refractivity contribution in [3.63, 3.8) is 0 Å². The molecule has 1 N–H and O–H groups in total. The molecule has 0 fully saturated rings. The van der Waals surface area contributed by atoms with Crippen LogP contribution in [0.1, 0.15) is 11.4 Å². The van der Waals surface area contributed by atoms with Crippen LogP contribution in [0.25, 0.3) is 11.0 Å². The highest BCUT2D eigenvalue weighted by Crippen LogP contribution is 2.18. The second-order valence-electron chi connectivity index (χ2n) is 4.53. The van der Waals surface area contributed by atoms with Crippen molar-refractivity contribution in [1.82, 2.24) is 9.97 Å². The van der Waals surface area contributed by atoms with E-state index in [-0.39, 0.29) is 5.75 Å². The normalized spacial score (nSPS) is 10.7. The first kappa shape index (κ1) is 12.4. The third kappa shape index (κ3) is 2.54. The first-order valence-electron chi connectivity index (χ1n) is 6.36. The number of aromatic hydroxyl groups is 1. The van der Waals surface area contributed by atoms with Crippen LogP contribution < -0.4 is 4.74 Å². The second kappa shape index (κ2) is 5.17. The Balaban J connectivity index is 1.83. The second-order valence-corrected chi connectivity index (χ2v) is 4.53. The van der Waals surface area contributed by atoms with Gasteiger partial charge in [-0.25, -0.2) is 9.97 Å². The lowest BCUT2D eigenvalue weighted by molar-refractivity contribution is 0.300. The van der Waals surface area contributed by atoms with Crippen LogP contribution in [0.2, 0.25) is 0 Å². The van der Waals surface area contributed by atoms with Gasteiger partial charge in [0.05, 0.1) is 22.4 Å². The van der Waals surface area contributed by atoms with Gasteiger partial charge in [-0.3, -0.25) is 0 Å². The SMILES string of the molecule is Cc1nc2ccccc2nc1COc1ccc(O)cc1. The first-order chi connectivity index (χ1) is 9.72. The highest BCUT2D eigenvalue weighted by Gasteiger charge is 2.05. The molecule has 1 heterocycles. The zero-order chi connectivity index (χ0) is 13.9. The lowest BCUT2D eigenvalue weighted by Gasteiger charge is -2.08. The molecule has 3 aromatic rings. The highest BCUT2D eigenvalue weighted by atomic mass is 16.5. The number of nitrogens with zero attached hydrogens (tertiary/aromatic N) is 2. The average molecular weight is 266 g/mol. The summed E-state index contributed by atoms with van der Waals surface area (Å²) < 4.78 is 5.66. The number of para-hydroxylation sites is 2. The molecule has 0 atom stereocenters. The van der Waals surface area contributed by atoms with Crippen LogP contribution in [-0.2, 0) is 6.61 Å². The minimum Gasteiger partial charge on any atom is -0.508 e. The van der Waals surface area contributed by atoms with Gasteiger partial charge in [-0.05, 0) is 43.3 Å². The molecule has 3 rings (SSSR count). The summed E-state index contributed by atoms with van der Waals surface area (Å²) in [4.78, 5) is 9.09. The Labute approximate surface area is 116 Å². The van der Waals surface area contributed by atoms with Gasteiger partial charge in [0.1, 0.15) is 18.1 Å². The van der Waals surface area contributed by atoms with Crippen molar-refractivity contribution in [2.24, 2.45) is 0 Å². The molecular weight excluding hydrogens is 252 g/mol. The number of benzene rings is 2. The molecule has 1 aromatic heterocycles. The average Bonchev–Trinajstić information content (AvgIpc) is 2.47. The number of hydrogen-bond donors (Lipinski definition) is 1. The van der Waals surface area contributed by atoms with E-state index < -0.39 is 0 Å². The minimum atomic E-state index is 0.221. The van der Waals surface area contributed by atoms with Crippen molar-refractivity contribution in [2.45, 2.75) is 13.5 Å². The number of hydrogen-bond acceptors (Lipinski definition) is 4. The van der Waals surface area contributed by atoms with E-state index in [0.717, 1.165) is 22.4 Å². The number of ether oxygens (including phenoxy) is 1. The van der Waals surface area contributed by atoms with E-state index >= 15 is 0 Å². The fourth-order valence-electron chi connectivity index (χ4n) is 1.96. The maximum atomic E-state index is 9.23. The number of phenolic OH excluding ortho intramolecular Hbond substituents is 1. The van der Waals surface area contributed by atoms with Gasteiger partial charge in [0.2, 0.25) is 0 Å². The lowest BCUT2D eigenvalue weighted by Crippen LogP contribution is -2.03. The van der Waals surface area contributed by atoms with Gasteiger partial charge < -0.3 is 9.84 Å². The summed E-state index contributed by atoms with van der Waals surface area (Å²) in [5.74, 6) is 0.913. The largest absolute Gasteiger partial charge is 0.508 e. The molecule has 0 spiro atoms. The molecule has 0 amide bonds. The van der Waals surface area contributed by atoms with Crippen molar-refractivity contribution in [2.75, 3.05) is 0 Å². The Morgan fingerprint density at radius 3 is 2.30 bits per heavy atom. The third-order valence-corrected chi connectivity index (χ3v) is 3.06. The van der Waals surface area contributed by atoms with Gasteiger partial charge in [0.15, 0.2) is 0 Å². The number of fused-ring (bicyclic) bond motifs is 1. The summed E-state index contributed by atoms with van der Waals surface area (Å²) in [5.41, 5.74) is 3.43. The zero-order valence-corrected chi connectivity index (χ0v) is 11.1. The highest BCUT2D eigenvalue weighted by molar-refractivity contribution is 5.74. The van der Waals surface area contributed by atoms with E-state index in [0.29, 0.717) is 12.4 Å². The van der Waals surface area contributed by atoms with Crippen molar-refractivity contribution in [3.05, 3.63) is 59.9 Å². The molecule has 2 aromatic carbocycles. The van der Waals surface area contributed by atoms with Crippen molar-refractivity contribution >= 4 is 11.0 Å². The van der Waals surface area contributed by atoms with Crippen LogP contribution in [0.15, 0.2) is 48.5 Å². The van der Waals surface area contributed by atoms with E-state index in [4.69, 9.17) is 4.74 Å². The molecule has 0 aliphatic heterocycles. The smallest absolute Gasteiger partial charge is 0.132 e. The Morgan fingerprint density at radius 1 is 0.950 bits per heavy atom. The number of aryl methyl sites for hydroxylation is 1. The number of aromatic nitrogens is 2. The van der Waals surface area contributed by atoms with E-state index in [2.05, 4.69) is 9.97 Å². The number of phenols is 1. The van der Waals surface area contributed by atoms with Crippen LogP contribution in [-0.4, -0.2) is 15.1 Å². The van der Waals surface area contributed by atoms with E-state index in [1.54, 1.807) is 24.3 Å². The van der Waals surface area contributed by atoms with Gasteiger partial charge >= 0.3 is 0 Å². The molecule has 0 bridgehead atoms. The fourth-order valence-corrected chi connectivity index (χ4v) is 1.96. The minimum absolute atomic E-state index is 0.221. The standard InChI is InChI=1S/C16H14N2O2/c1-11-16(10-20-13-8-6-12(19)7-9-13)18-15-5-3-2-4-14(15)17-11/h2-9,19H,10H2,1H3. The maximum Gasteiger partial charge on any atom is 0.132 e. The van der Waals surface area contributed by atoms with Crippen molar-refractivity contribution < 1.29 is 9.84 Å². The van der Waals surface area contributed by atoms with Crippen LogP contribution in [0.3, 0.4) is 0 Å². The molecule has 0 saturated carbocycles. The summed E-state index contributed by atoms with van der Waals surface area (Å²) in [6.07, 6.45) is 0. The van der Waals surface area contributed by atoms with Crippen LogP contribution in [0, 0.1) is 6.92 Å². The number of rotatable bonds is 3. The maximum absolute atomic E-state index is 9.23. The van der Waals surface area contributed by atoms with Gasteiger partial charge in [0, 0.05) is 0 Å².